The zero-order chi connectivity index (χ0) is 30.9. The van der Waals surface area contributed by atoms with Gasteiger partial charge in [0.1, 0.15) is 11.8 Å². The van der Waals surface area contributed by atoms with Crippen LogP contribution in [0.3, 0.4) is 0 Å². The van der Waals surface area contributed by atoms with E-state index in [4.69, 9.17) is 9.47 Å². The molecular formula is C33H42N4O6S. The largest absolute Gasteiger partial charge is 0.494 e. The molecule has 2 aromatic carbocycles. The first-order valence-corrected chi connectivity index (χ1v) is 16.4. The van der Waals surface area contributed by atoms with Gasteiger partial charge in [0.25, 0.3) is 0 Å². The fraction of sp³-hybridized carbons (Fsp3) is 0.545. The summed E-state index contributed by atoms with van der Waals surface area (Å²) in [5.41, 5.74) is 1.38. The van der Waals surface area contributed by atoms with Gasteiger partial charge in [-0.2, -0.15) is 0 Å². The molecule has 0 saturated carbocycles. The van der Waals surface area contributed by atoms with Crippen LogP contribution in [0.25, 0.3) is 0 Å². The highest BCUT2D eigenvalue weighted by atomic mass is 32.2. The third-order valence-electron chi connectivity index (χ3n) is 9.70. The van der Waals surface area contributed by atoms with Gasteiger partial charge in [0.05, 0.1) is 49.1 Å². The van der Waals surface area contributed by atoms with Gasteiger partial charge in [0.2, 0.25) is 17.7 Å². The van der Waals surface area contributed by atoms with Crippen molar-refractivity contribution in [2.45, 2.75) is 48.3 Å². The number of thioether (sulfide) groups is 1. The predicted molar refractivity (Wildman–Crippen MR) is 168 cm³/mol. The van der Waals surface area contributed by atoms with Gasteiger partial charge in [-0.15, -0.1) is 11.8 Å². The number of hydrogen-bond donors (Lipinski definition) is 3. The Bertz CT molecular complexity index is 1360. The molecule has 3 amide bonds. The number of morpholine rings is 1. The summed E-state index contributed by atoms with van der Waals surface area (Å²) in [6.45, 7) is 8.29. The molecule has 6 atom stereocenters. The monoisotopic (exact) mass is 622 g/mol. The van der Waals surface area contributed by atoms with Crippen LogP contribution in [0.4, 0.5) is 5.69 Å². The lowest BCUT2D eigenvalue weighted by Crippen LogP contribution is -2.55. The van der Waals surface area contributed by atoms with Gasteiger partial charge in [-0.25, -0.2) is 0 Å². The highest BCUT2D eigenvalue weighted by Crippen LogP contribution is 2.72. The molecule has 3 N–H and O–H groups in total. The van der Waals surface area contributed by atoms with Crippen LogP contribution in [-0.2, 0) is 19.1 Å². The van der Waals surface area contributed by atoms with Crippen molar-refractivity contribution in [1.29, 1.82) is 0 Å². The molecular weight excluding hydrogens is 580 g/mol. The van der Waals surface area contributed by atoms with E-state index in [0.29, 0.717) is 57.2 Å². The van der Waals surface area contributed by atoms with Crippen molar-refractivity contribution in [3.8, 4) is 5.75 Å². The summed E-state index contributed by atoms with van der Waals surface area (Å²) in [7, 11) is 0. The minimum Gasteiger partial charge on any atom is -0.494 e. The molecule has 0 radical (unpaired) electrons. The van der Waals surface area contributed by atoms with Crippen LogP contribution in [0.5, 0.6) is 5.75 Å². The summed E-state index contributed by atoms with van der Waals surface area (Å²) in [6.07, 6.45) is 1.35. The second kappa shape index (κ2) is 12.7. The van der Waals surface area contributed by atoms with Crippen LogP contribution in [0.15, 0.2) is 54.6 Å². The number of carbonyl (C=O) groups is 3. The number of anilines is 1. The lowest BCUT2D eigenvalue weighted by atomic mass is 9.66. The van der Waals surface area contributed by atoms with E-state index in [9.17, 15) is 19.5 Å². The number of amides is 3. The summed E-state index contributed by atoms with van der Waals surface area (Å²) in [6, 6.07) is 15.0. The third-order valence-corrected chi connectivity index (χ3v) is 11.7. The molecule has 44 heavy (non-hydrogen) atoms. The Labute approximate surface area is 262 Å². The minimum atomic E-state index is -0.822. The van der Waals surface area contributed by atoms with Crippen LogP contribution in [0, 0.1) is 11.8 Å². The van der Waals surface area contributed by atoms with E-state index >= 15 is 0 Å². The number of likely N-dealkylation sites (tertiary alicyclic amines) is 1. The molecule has 2 unspecified atom stereocenters. The SMILES string of the molecule is CCOc1ccc(NC(=O)[C@@H]2[C@H]3C(=O)N([C@H](CO)c4ccccc4)C(C(=O)NCCN4CCOCC4)C34CC[C@@]2(C)S4)cc1. The van der Waals surface area contributed by atoms with Gasteiger partial charge in [-0.3, -0.25) is 19.3 Å². The number of benzene rings is 2. The Morgan fingerprint density at radius 2 is 1.82 bits per heavy atom. The van der Waals surface area contributed by atoms with E-state index in [2.05, 4.69) is 22.5 Å². The van der Waals surface area contributed by atoms with Crippen molar-refractivity contribution < 1.29 is 29.0 Å². The average molecular weight is 623 g/mol. The van der Waals surface area contributed by atoms with Crippen LogP contribution < -0.4 is 15.4 Å². The quantitative estimate of drug-likeness (QED) is 0.350. The Kier molecular flexibility index (Phi) is 8.92. The first-order valence-electron chi connectivity index (χ1n) is 15.6. The van der Waals surface area contributed by atoms with E-state index in [-0.39, 0.29) is 24.3 Å². The molecule has 236 valence electrons. The fourth-order valence-corrected chi connectivity index (χ4v) is 10.1. The summed E-state index contributed by atoms with van der Waals surface area (Å²) in [5, 5.41) is 16.9. The summed E-state index contributed by atoms with van der Waals surface area (Å²) in [5.74, 6) is -1.31. The van der Waals surface area contributed by atoms with Gasteiger partial charge in [-0.05, 0) is 56.5 Å². The number of hydrogen-bond acceptors (Lipinski definition) is 8. The van der Waals surface area contributed by atoms with E-state index in [1.165, 1.54) is 0 Å². The summed E-state index contributed by atoms with van der Waals surface area (Å²) in [4.78, 5) is 46.7. The van der Waals surface area contributed by atoms with E-state index in [0.717, 1.165) is 18.7 Å². The van der Waals surface area contributed by atoms with Crippen LogP contribution in [0.2, 0.25) is 0 Å². The molecule has 4 fully saturated rings. The molecule has 11 heteroatoms. The smallest absolute Gasteiger partial charge is 0.244 e. The number of fused-ring (bicyclic) bond motifs is 1. The first-order chi connectivity index (χ1) is 21.3. The van der Waals surface area contributed by atoms with Crippen molar-refractivity contribution in [1.82, 2.24) is 15.1 Å². The molecule has 6 rings (SSSR count). The van der Waals surface area contributed by atoms with Crippen LogP contribution in [-0.4, -0.2) is 101 Å². The Hall–Kier alpha value is -3.12. The van der Waals surface area contributed by atoms with Gasteiger partial charge in [0, 0.05) is 36.6 Å². The van der Waals surface area contributed by atoms with E-state index < -0.39 is 33.4 Å². The predicted octanol–water partition coefficient (Wildman–Crippen LogP) is 2.69. The van der Waals surface area contributed by atoms with Gasteiger partial charge in [0.15, 0.2) is 0 Å². The number of carbonyl (C=O) groups excluding carboxylic acids is 3. The van der Waals surface area contributed by atoms with Crippen LogP contribution in [0.1, 0.15) is 38.3 Å². The maximum Gasteiger partial charge on any atom is 0.244 e. The van der Waals surface area contributed by atoms with Gasteiger partial charge >= 0.3 is 0 Å². The zero-order valence-electron chi connectivity index (χ0n) is 25.4. The molecule has 10 nitrogen and oxygen atoms in total. The van der Waals surface area contributed by atoms with E-state index in [1.807, 2.05) is 49.4 Å². The third kappa shape index (κ3) is 5.48. The molecule has 2 bridgehead atoms. The van der Waals surface area contributed by atoms with Gasteiger partial charge in [-0.1, -0.05) is 30.3 Å². The second-order valence-electron chi connectivity index (χ2n) is 12.3. The van der Waals surface area contributed by atoms with Crippen molar-refractivity contribution in [3.63, 3.8) is 0 Å². The van der Waals surface area contributed by atoms with Crippen molar-refractivity contribution >= 4 is 35.2 Å². The van der Waals surface area contributed by atoms with Crippen molar-refractivity contribution in [2.24, 2.45) is 11.8 Å². The highest BCUT2D eigenvalue weighted by Gasteiger charge is 2.77. The molecule has 0 aromatic heterocycles. The number of nitrogens with one attached hydrogen (secondary N) is 2. The topological polar surface area (TPSA) is 120 Å². The molecule has 2 aromatic rings. The van der Waals surface area contributed by atoms with Crippen molar-refractivity contribution in [2.75, 3.05) is 57.9 Å². The Morgan fingerprint density at radius 3 is 2.50 bits per heavy atom. The van der Waals surface area contributed by atoms with E-state index in [1.54, 1.807) is 28.8 Å². The zero-order valence-corrected chi connectivity index (χ0v) is 26.2. The number of ether oxygens (including phenoxy) is 2. The maximum atomic E-state index is 14.6. The first kappa shape index (κ1) is 30.9. The highest BCUT2D eigenvalue weighted by molar-refractivity contribution is 8.02. The standard InChI is InChI=1S/C33H42N4O6S/c1-3-43-24-11-9-23(10-12-24)35-29(39)26-27-31(41)37(25(21-38)22-7-5-4-6-8-22)28(33(27)14-13-32(26,2)44-33)30(40)34-15-16-36-17-19-42-20-18-36/h4-12,25-28,38H,3,13-21H2,1-2H3,(H,34,40)(H,35,39)/t25-,26+,27+,28?,32-,33?/m1/s1. The number of nitrogens with zero attached hydrogens (tertiary/aromatic N) is 2. The maximum absolute atomic E-state index is 14.6. The Balaban J connectivity index is 1.30. The lowest BCUT2D eigenvalue weighted by molar-refractivity contribution is -0.142. The minimum absolute atomic E-state index is 0.224. The lowest BCUT2D eigenvalue weighted by Gasteiger charge is -2.37. The summed E-state index contributed by atoms with van der Waals surface area (Å²) >= 11 is 1.62. The fourth-order valence-electron chi connectivity index (χ4n) is 7.71. The number of aliphatic hydroxyl groups is 1. The molecule has 4 aliphatic rings. The molecule has 4 saturated heterocycles. The summed E-state index contributed by atoms with van der Waals surface area (Å²) < 4.78 is 9.70. The van der Waals surface area contributed by atoms with Crippen molar-refractivity contribution in [3.05, 3.63) is 60.2 Å². The second-order valence-corrected chi connectivity index (χ2v) is 14.2. The molecule has 1 spiro atoms. The average Bonchev–Trinajstić information content (AvgIpc) is 3.60. The van der Waals surface area contributed by atoms with Crippen LogP contribution >= 0.6 is 11.8 Å². The normalized spacial score (nSPS) is 30.2. The number of rotatable bonds is 11. The number of aliphatic hydroxyl groups excluding tert-OH is 1. The van der Waals surface area contributed by atoms with Gasteiger partial charge < -0.3 is 30.1 Å². The Morgan fingerprint density at radius 1 is 1.09 bits per heavy atom. The molecule has 0 aliphatic carbocycles. The molecule has 4 heterocycles. The molecule has 4 aliphatic heterocycles.